The lowest BCUT2D eigenvalue weighted by atomic mass is 10.1. The minimum atomic E-state index is -4.02. The fourth-order valence-electron chi connectivity index (χ4n) is 0.716. The highest BCUT2D eigenvalue weighted by atomic mass is 32.2. The summed E-state index contributed by atoms with van der Waals surface area (Å²) in [6.07, 6.45) is 0. The van der Waals surface area contributed by atoms with Crippen LogP contribution in [0.15, 0.2) is 0 Å². The topological polar surface area (TPSA) is 66.4 Å². The Kier molecular flexibility index (Phi) is 3.05. The summed E-state index contributed by atoms with van der Waals surface area (Å²) in [7, 11) is -2.52. The van der Waals surface area contributed by atoms with Crippen molar-refractivity contribution in [3.63, 3.8) is 0 Å². The molecular weight excluding hydrogens is 166 g/mol. The zero-order valence-corrected chi connectivity index (χ0v) is 8.07. The first-order valence-corrected chi connectivity index (χ1v) is 4.85. The molecule has 2 N–H and O–H groups in total. The summed E-state index contributed by atoms with van der Waals surface area (Å²) in [5.74, 6) is -0.178. The highest BCUT2D eigenvalue weighted by Crippen LogP contribution is 2.21. The fourth-order valence-corrected chi connectivity index (χ4v) is 1.57. The van der Waals surface area contributed by atoms with E-state index in [2.05, 4.69) is 5.32 Å². The Labute approximate surface area is 67.7 Å². The first-order valence-electron chi connectivity index (χ1n) is 3.41. The first kappa shape index (κ1) is 10.9. The molecule has 0 aliphatic rings. The highest BCUT2D eigenvalue weighted by Gasteiger charge is 2.39. The van der Waals surface area contributed by atoms with E-state index >= 15 is 0 Å². The molecule has 0 bridgehead atoms. The molecule has 4 nitrogen and oxygen atoms in total. The van der Waals surface area contributed by atoms with Crippen molar-refractivity contribution in [3.05, 3.63) is 0 Å². The maximum Gasteiger partial charge on any atom is 0.283 e. The summed E-state index contributed by atoms with van der Waals surface area (Å²) >= 11 is 0. The van der Waals surface area contributed by atoms with Crippen molar-refractivity contribution in [1.29, 1.82) is 0 Å². The van der Waals surface area contributed by atoms with E-state index in [-0.39, 0.29) is 5.92 Å². The van der Waals surface area contributed by atoms with E-state index < -0.39 is 15.0 Å². The van der Waals surface area contributed by atoms with Gasteiger partial charge in [-0.15, -0.1) is 0 Å². The second-order valence-electron chi connectivity index (χ2n) is 2.99. The minimum absolute atomic E-state index is 0.178. The average Bonchev–Trinajstić information content (AvgIpc) is 1.83. The predicted octanol–water partition coefficient (Wildman–Crippen LogP) is 0.466. The molecule has 0 saturated heterocycles. The van der Waals surface area contributed by atoms with Gasteiger partial charge in [0, 0.05) is 0 Å². The van der Waals surface area contributed by atoms with E-state index in [9.17, 15) is 8.42 Å². The molecule has 1 atom stereocenters. The van der Waals surface area contributed by atoms with Crippen LogP contribution in [-0.2, 0) is 10.1 Å². The van der Waals surface area contributed by atoms with E-state index in [1.165, 1.54) is 14.0 Å². The molecule has 0 spiro atoms. The molecule has 0 aromatic rings. The van der Waals surface area contributed by atoms with Gasteiger partial charge in [-0.25, -0.2) is 0 Å². The number of hydrogen-bond donors (Lipinski definition) is 2. The van der Waals surface area contributed by atoms with Crippen LogP contribution in [0.1, 0.15) is 20.8 Å². The molecule has 68 valence electrons. The Morgan fingerprint density at radius 3 is 1.82 bits per heavy atom. The van der Waals surface area contributed by atoms with Gasteiger partial charge in [0.05, 0.1) is 0 Å². The van der Waals surface area contributed by atoms with Gasteiger partial charge in [-0.2, -0.15) is 8.42 Å². The Bertz CT molecular complexity index is 222. The lowest BCUT2D eigenvalue weighted by Crippen LogP contribution is -2.51. The monoisotopic (exact) mass is 181 g/mol. The van der Waals surface area contributed by atoms with Gasteiger partial charge >= 0.3 is 0 Å². The molecule has 11 heavy (non-hydrogen) atoms. The fraction of sp³-hybridized carbons (Fsp3) is 1.00. The van der Waals surface area contributed by atoms with E-state index in [0.29, 0.717) is 0 Å². The predicted molar refractivity (Wildman–Crippen MR) is 43.9 cm³/mol. The molecule has 0 heterocycles. The average molecular weight is 181 g/mol. The van der Waals surface area contributed by atoms with Crippen LogP contribution < -0.4 is 5.32 Å². The SMILES string of the molecule is CNC(C)(C(C)C)S(=O)(=O)O. The van der Waals surface area contributed by atoms with Crippen LogP contribution in [0, 0.1) is 5.92 Å². The summed E-state index contributed by atoms with van der Waals surface area (Å²) in [5, 5.41) is 2.58. The van der Waals surface area contributed by atoms with Crippen LogP contribution in [-0.4, -0.2) is 24.9 Å². The van der Waals surface area contributed by atoms with Gasteiger partial charge in [-0.1, -0.05) is 13.8 Å². The lowest BCUT2D eigenvalue weighted by molar-refractivity contribution is 0.340. The van der Waals surface area contributed by atoms with Crippen molar-refractivity contribution in [2.24, 2.45) is 5.92 Å². The van der Waals surface area contributed by atoms with E-state index in [1.54, 1.807) is 13.8 Å². The van der Waals surface area contributed by atoms with Gasteiger partial charge in [-0.05, 0) is 19.9 Å². The first-order chi connectivity index (χ1) is 4.75. The summed E-state index contributed by atoms with van der Waals surface area (Å²) < 4.78 is 30.5. The summed E-state index contributed by atoms with van der Waals surface area (Å²) in [6, 6.07) is 0. The van der Waals surface area contributed by atoms with Gasteiger partial charge in [0.1, 0.15) is 4.87 Å². The van der Waals surface area contributed by atoms with Crippen LogP contribution in [0.5, 0.6) is 0 Å². The van der Waals surface area contributed by atoms with Crippen LogP contribution in [0.4, 0.5) is 0 Å². The third-order valence-corrected chi connectivity index (χ3v) is 3.88. The summed E-state index contributed by atoms with van der Waals surface area (Å²) in [4.78, 5) is -1.24. The molecule has 5 heteroatoms. The molecule has 0 fully saturated rings. The molecular formula is C6H15NO3S. The normalized spacial score (nSPS) is 18.4. The van der Waals surface area contributed by atoms with Crippen molar-refractivity contribution < 1.29 is 13.0 Å². The Morgan fingerprint density at radius 2 is 1.82 bits per heavy atom. The largest absolute Gasteiger partial charge is 0.300 e. The number of nitrogens with one attached hydrogen (secondary N) is 1. The zero-order valence-electron chi connectivity index (χ0n) is 7.25. The van der Waals surface area contributed by atoms with Gasteiger partial charge < -0.3 is 0 Å². The molecule has 0 amide bonds. The Balaban J connectivity index is 4.92. The van der Waals surface area contributed by atoms with Gasteiger partial charge in [0.15, 0.2) is 0 Å². The summed E-state index contributed by atoms with van der Waals surface area (Å²) in [5.41, 5.74) is 0. The van der Waals surface area contributed by atoms with Gasteiger partial charge in [0.25, 0.3) is 10.1 Å². The van der Waals surface area contributed by atoms with E-state index in [0.717, 1.165) is 0 Å². The number of rotatable bonds is 3. The standard InChI is InChI=1S/C6H15NO3S/c1-5(2)6(3,7-4)11(8,9)10/h5,7H,1-4H3,(H,8,9,10). The van der Waals surface area contributed by atoms with Gasteiger partial charge in [0.2, 0.25) is 0 Å². The Hall–Kier alpha value is -0.130. The third-order valence-electron chi connectivity index (χ3n) is 2.13. The van der Waals surface area contributed by atoms with Crippen molar-refractivity contribution in [2.45, 2.75) is 25.6 Å². The molecule has 0 aliphatic carbocycles. The highest BCUT2D eigenvalue weighted by molar-refractivity contribution is 7.87. The maximum absolute atomic E-state index is 10.8. The Morgan fingerprint density at radius 1 is 1.45 bits per heavy atom. The van der Waals surface area contributed by atoms with Crippen LogP contribution >= 0.6 is 0 Å². The van der Waals surface area contributed by atoms with Crippen molar-refractivity contribution >= 4 is 10.1 Å². The molecule has 0 radical (unpaired) electrons. The second-order valence-corrected chi connectivity index (χ2v) is 4.79. The third kappa shape index (κ3) is 1.91. The van der Waals surface area contributed by atoms with Crippen molar-refractivity contribution in [1.82, 2.24) is 5.32 Å². The quantitative estimate of drug-likeness (QED) is 0.621. The molecule has 0 aromatic heterocycles. The summed E-state index contributed by atoms with van der Waals surface area (Å²) in [6.45, 7) is 4.90. The number of hydrogen-bond acceptors (Lipinski definition) is 3. The lowest BCUT2D eigenvalue weighted by Gasteiger charge is -2.29. The second kappa shape index (κ2) is 3.08. The molecule has 0 aliphatic heterocycles. The van der Waals surface area contributed by atoms with E-state index in [1.807, 2.05) is 0 Å². The molecule has 1 unspecified atom stereocenters. The molecule has 0 rings (SSSR count). The van der Waals surface area contributed by atoms with Crippen LogP contribution in [0.25, 0.3) is 0 Å². The van der Waals surface area contributed by atoms with Gasteiger partial charge in [-0.3, -0.25) is 9.87 Å². The van der Waals surface area contributed by atoms with Crippen molar-refractivity contribution in [2.75, 3.05) is 7.05 Å². The molecule has 0 saturated carbocycles. The van der Waals surface area contributed by atoms with Crippen LogP contribution in [0.2, 0.25) is 0 Å². The minimum Gasteiger partial charge on any atom is -0.300 e. The zero-order chi connectivity index (χ0) is 9.28. The van der Waals surface area contributed by atoms with Crippen LogP contribution in [0.3, 0.4) is 0 Å². The maximum atomic E-state index is 10.8. The van der Waals surface area contributed by atoms with E-state index in [4.69, 9.17) is 4.55 Å². The smallest absolute Gasteiger partial charge is 0.283 e. The van der Waals surface area contributed by atoms with Crippen molar-refractivity contribution in [3.8, 4) is 0 Å². The molecule has 0 aromatic carbocycles.